The molecule has 0 fully saturated rings. The highest BCUT2D eigenvalue weighted by Gasteiger charge is 2.31. The maximum atomic E-state index is 12.9. The number of aryl methyl sites for hydroxylation is 1. The zero-order valence-electron chi connectivity index (χ0n) is 16.8. The summed E-state index contributed by atoms with van der Waals surface area (Å²) in [4.78, 5) is 21.5. The number of carbonyl (C=O) groups excluding carboxylic acids is 1. The zero-order valence-corrected chi connectivity index (χ0v) is 18.5. The van der Waals surface area contributed by atoms with Gasteiger partial charge in [-0.15, -0.1) is 15.7 Å². The molecule has 3 unspecified atom stereocenters. The highest BCUT2D eigenvalue weighted by molar-refractivity contribution is 7.93. The minimum atomic E-state index is -3.56. The molecular weight excluding hydrogens is 426 g/mol. The van der Waals surface area contributed by atoms with Crippen molar-refractivity contribution in [3.8, 4) is 0 Å². The molecule has 2 aliphatic rings. The molecule has 2 aromatic heterocycles. The highest BCUT2D eigenvalue weighted by atomic mass is 32.2. The molecule has 2 aromatic rings. The number of aliphatic hydroxyl groups is 2. The van der Waals surface area contributed by atoms with E-state index in [0.717, 1.165) is 71.6 Å². The van der Waals surface area contributed by atoms with E-state index in [1.807, 2.05) is 0 Å². The van der Waals surface area contributed by atoms with Gasteiger partial charge in [0.25, 0.3) is 0 Å². The quantitative estimate of drug-likeness (QED) is 0.559. The van der Waals surface area contributed by atoms with Crippen molar-refractivity contribution in [1.82, 2.24) is 9.97 Å². The molecule has 5 N–H and O–H groups in total. The summed E-state index contributed by atoms with van der Waals surface area (Å²) in [5.74, 6) is 0.340. The van der Waals surface area contributed by atoms with Gasteiger partial charge < -0.3 is 15.5 Å². The first-order valence-electron chi connectivity index (χ1n) is 9.82. The molecule has 30 heavy (non-hydrogen) atoms. The number of carbonyl (C=O) groups is 1. The smallest absolute Gasteiger partial charge is 0.354 e. The molecule has 2 aliphatic carbocycles. The molecule has 3 atom stereocenters. The number of nitrogens with one attached hydrogen (secondary N) is 1. The highest BCUT2D eigenvalue weighted by Crippen LogP contribution is 2.41. The summed E-state index contributed by atoms with van der Waals surface area (Å²) < 4.78 is 16.7. The standard InChI is InChI=1S/C19H25N5O4S2/c1-10-6-7-12-15(10)22-13-5-3-4-11(13)16(12)23-18(26)24-30(20,28)14-8-21-17(29-14)19(2,27)9-25/h8,10,25,27H,3-7,9H2,1-2H3,(H3,20,22,23,24,26,28). The first kappa shape index (κ1) is 21.3. The summed E-state index contributed by atoms with van der Waals surface area (Å²) >= 11 is 0.855. The summed E-state index contributed by atoms with van der Waals surface area (Å²) in [7, 11) is -3.56. The summed E-state index contributed by atoms with van der Waals surface area (Å²) in [5.41, 5.74) is 3.27. The number of fused-ring (bicyclic) bond motifs is 2. The fraction of sp³-hybridized carbons (Fsp3) is 0.526. The van der Waals surface area contributed by atoms with E-state index in [4.69, 9.17) is 10.1 Å². The van der Waals surface area contributed by atoms with Gasteiger partial charge in [-0.05, 0) is 56.1 Å². The van der Waals surface area contributed by atoms with Crippen LogP contribution < -0.4 is 10.5 Å². The summed E-state index contributed by atoms with van der Waals surface area (Å²) in [6, 6.07) is -0.784. The van der Waals surface area contributed by atoms with Gasteiger partial charge >= 0.3 is 6.03 Å². The minimum Gasteiger partial charge on any atom is -0.393 e. The van der Waals surface area contributed by atoms with E-state index in [-0.39, 0.29) is 9.22 Å². The van der Waals surface area contributed by atoms with Crippen LogP contribution in [0.5, 0.6) is 0 Å². The number of hydrogen-bond donors (Lipinski definition) is 4. The van der Waals surface area contributed by atoms with Crippen molar-refractivity contribution in [3.05, 3.63) is 33.7 Å². The Morgan fingerprint density at radius 1 is 1.43 bits per heavy atom. The molecule has 11 heteroatoms. The van der Waals surface area contributed by atoms with Crippen LogP contribution in [-0.2, 0) is 34.8 Å². The SMILES string of the molecule is CC1CCc2c1nc1c(c2NC(=O)N=S(N)(=O)c2cnc(C(C)(O)CO)s2)CCC1. The molecule has 2 heterocycles. The number of anilines is 1. The minimum absolute atomic E-state index is 0.0557. The van der Waals surface area contributed by atoms with Crippen LogP contribution in [0.15, 0.2) is 14.8 Å². The van der Waals surface area contributed by atoms with Gasteiger partial charge in [0.05, 0.1) is 18.5 Å². The average Bonchev–Trinajstić information content (AvgIpc) is 3.41. The number of aliphatic hydroxyl groups excluding tert-OH is 1. The van der Waals surface area contributed by atoms with Crippen LogP contribution in [0.1, 0.15) is 60.1 Å². The number of nitrogens with two attached hydrogens (primary N) is 1. The Morgan fingerprint density at radius 2 is 2.20 bits per heavy atom. The van der Waals surface area contributed by atoms with Gasteiger partial charge in [-0.1, -0.05) is 6.92 Å². The molecular formula is C19H25N5O4S2. The Kier molecular flexibility index (Phi) is 5.43. The Labute approximate surface area is 179 Å². The Bertz CT molecular complexity index is 1130. The molecule has 162 valence electrons. The molecule has 0 saturated heterocycles. The fourth-order valence-electron chi connectivity index (χ4n) is 3.96. The zero-order chi connectivity index (χ0) is 21.7. The Balaban J connectivity index is 1.65. The molecule has 0 saturated carbocycles. The number of pyridine rings is 1. The van der Waals surface area contributed by atoms with E-state index in [1.165, 1.54) is 13.1 Å². The van der Waals surface area contributed by atoms with Gasteiger partial charge in [-0.25, -0.2) is 19.1 Å². The third-order valence-corrected chi connectivity index (χ3v) is 8.77. The van der Waals surface area contributed by atoms with Gasteiger partial charge in [-0.3, -0.25) is 4.98 Å². The maximum absolute atomic E-state index is 12.9. The predicted octanol–water partition coefficient (Wildman–Crippen LogP) is 2.21. The molecule has 9 nitrogen and oxygen atoms in total. The van der Waals surface area contributed by atoms with Crippen molar-refractivity contribution in [3.63, 3.8) is 0 Å². The molecule has 0 spiro atoms. The van der Waals surface area contributed by atoms with Crippen LogP contribution in [0, 0.1) is 0 Å². The van der Waals surface area contributed by atoms with E-state index in [0.29, 0.717) is 5.92 Å². The van der Waals surface area contributed by atoms with E-state index in [2.05, 4.69) is 21.6 Å². The molecule has 0 aromatic carbocycles. The first-order chi connectivity index (χ1) is 14.1. The molecule has 2 amide bonds. The number of aromatic nitrogens is 2. The van der Waals surface area contributed by atoms with Crippen LogP contribution in [0.3, 0.4) is 0 Å². The number of urea groups is 1. The summed E-state index contributed by atoms with van der Waals surface area (Å²) in [6.07, 6.45) is 5.74. The van der Waals surface area contributed by atoms with Gasteiger partial charge in [-0.2, -0.15) is 0 Å². The van der Waals surface area contributed by atoms with E-state index < -0.39 is 28.2 Å². The number of hydrogen-bond acceptors (Lipinski definition) is 7. The fourth-order valence-corrected chi connectivity index (χ4v) is 6.06. The van der Waals surface area contributed by atoms with Crippen LogP contribution >= 0.6 is 11.3 Å². The number of nitrogens with zero attached hydrogens (tertiary/aromatic N) is 3. The number of rotatable bonds is 4. The average molecular weight is 452 g/mol. The topological polar surface area (TPSA) is 151 Å². The lowest BCUT2D eigenvalue weighted by Gasteiger charge is -2.16. The molecule has 0 radical (unpaired) electrons. The maximum Gasteiger partial charge on any atom is 0.354 e. The Morgan fingerprint density at radius 3 is 2.93 bits per heavy atom. The lowest BCUT2D eigenvalue weighted by Crippen LogP contribution is -2.25. The predicted molar refractivity (Wildman–Crippen MR) is 114 cm³/mol. The third kappa shape index (κ3) is 3.76. The van der Waals surface area contributed by atoms with Gasteiger partial charge in [0.2, 0.25) is 0 Å². The lowest BCUT2D eigenvalue weighted by atomic mass is 10.0. The van der Waals surface area contributed by atoms with Gasteiger partial charge in [0.15, 0.2) is 9.92 Å². The van der Waals surface area contributed by atoms with Crippen LogP contribution in [0.25, 0.3) is 0 Å². The first-order valence-corrected chi connectivity index (χ1v) is 12.2. The van der Waals surface area contributed by atoms with Crippen molar-refractivity contribution in [1.29, 1.82) is 0 Å². The van der Waals surface area contributed by atoms with Crippen molar-refractivity contribution >= 4 is 33.0 Å². The summed E-state index contributed by atoms with van der Waals surface area (Å²) in [6.45, 7) is 2.95. The van der Waals surface area contributed by atoms with E-state index >= 15 is 0 Å². The van der Waals surface area contributed by atoms with E-state index in [1.54, 1.807) is 0 Å². The second-order valence-electron chi connectivity index (χ2n) is 8.08. The van der Waals surface area contributed by atoms with Gasteiger partial charge in [0.1, 0.15) is 14.8 Å². The third-order valence-electron chi connectivity index (χ3n) is 5.64. The molecule has 0 aliphatic heterocycles. The van der Waals surface area contributed by atoms with Crippen molar-refractivity contribution in [2.45, 2.75) is 61.7 Å². The van der Waals surface area contributed by atoms with Crippen LogP contribution in [0.2, 0.25) is 0 Å². The van der Waals surface area contributed by atoms with E-state index in [9.17, 15) is 19.2 Å². The normalized spacial score (nSPS) is 21.4. The largest absolute Gasteiger partial charge is 0.393 e. The number of thiazole rings is 1. The second kappa shape index (κ2) is 7.65. The monoisotopic (exact) mass is 451 g/mol. The second-order valence-corrected chi connectivity index (χ2v) is 11.1. The van der Waals surface area contributed by atoms with Gasteiger partial charge in [0, 0.05) is 11.4 Å². The lowest BCUT2D eigenvalue weighted by molar-refractivity contribution is -0.00244. The van der Waals surface area contributed by atoms with Crippen molar-refractivity contribution in [2.24, 2.45) is 9.50 Å². The van der Waals surface area contributed by atoms with Crippen molar-refractivity contribution < 1.29 is 19.2 Å². The number of amides is 2. The summed E-state index contributed by atoms with van der Waals surface area (Å²) in [5, 5.41) is 28.2. The molecule has 4 rings (SSSR count). The molecule has 0 bridgehead atoms. The van der Waals surface area contributed by atoms with Crippen LogP contribution in [-0.4, -0.2) is 37.0 Å². The van der Waals surface area contributed by atoms with Crippen molar-refractivity contribution in [2.75, 3.05) is 11.9 Å². The van der Waals surface area contributed by atoms with Crippen LogP contribution in [0.4, 0.5) is 10.5 Å². The Hall–Kier alpha value is -1.92.